The Bertz CT molecular complexity index is 1020. The van der Waals surface area contributed by atoms with E-state index in [9.17, 15) is 14.4 Å². The predicted octanol–water partition coefficient (Wildman–Crippen LogP) is 2.18. The summed E-state index contributed by atoms with van der Waals surface area (Å²) in [6.07, 6.45) is 1.89. The fourth-order valence-corrected chi connectivity index (χ4v) is 4.14. The van der Waals surface area contributed by atoms with Gasteiger partial charge in [0.15, 0.2) is 6.61 Å². The van der Waals surface area contributed by atoms with Gasteiger partial charge < -0.3 is 23.7 Å². The summed E-state index contributed by atoms with van der Waals surface area (Å²) in [5, 5.41) is 0.857. The molecule has 0 radical (unpaired) electrons. The van der Waals surface area contributed by atoms with Crippen molar-refractivity contribution < 1.29 is 23.5 Å². The zero-order valence-corrected chi connectivity index (χ0v) is 16.6. The maximum Gasteiger partial charge on any atom is 0.410 e. The summed E-state index contributed by atoms with van der Waals surface area (Å²) in [5.74, 6) is 0.291. The number of hydrogen-bond donors (Lipinski definition) is 0. The van der Waals surface area contributed by atoms with Crippen LogP contribution in [-0.2, 0) is 16.0 Å². The smallest absolute Gasteiger partial charge is 0.410 e. The van der Waals surface area contributed by atoms with E-state index in [4.69, 9.17) is 13.9 Å². The van der Waals surface area contributed by atoms with Gasteiger partial charge in [0.05, 0.1) is 13.1 Å². The van der Waals surface area contributed by atoms with Gasteiger partial charge in [-0.2, -0.15) is 0 Å². The Hall–Kier alpha value is -3.03. The van der Waals surface area contributed by atoms with Gasteiger partial charge in [-0.1, -0.05) is 6.92 Å². The molecule has 2 fully saturated rings. The standard InChI is InChI=1S/C21H24N2O6/c1-3-14-9-19(25)28-17-10-15(5-6-16(14)17)27-11-18(24)23-8-4-7-21(13-23)12-22(2)20(26)29-21/h5-6,9-10H,3-4,7-8,11-13H2,1-2H3. The van der Waals surface area contributed by atoms with E-state index in [2.05, 4.69) is 0 Å². The number of carbonyl (C=O) groups is 2. The van der Waals surface area contributed by atoms with Gasteiger partial charge in [-0.15, -0.1) is 0 Å². The molecule has 2 aliphatic rings. The molecule has 1 aromatic carbocycles. The Morgan fingerprint density at radius 3 is 2.79 bits per heavy atom. The average molecular weight is 400 g/mol. The molecular formula is C21H24N2O6. The van der Waals surface area contributed by atoms with E-state index in [0.29, 0.717) is 31.0 Å². The van der Waals surface area contributed by atoms with Crippen molar-refractivity contribution in [1.82, 2.24) is 9.80 Å². The van der Waals surface area contributed by atoms with Crippen LogP contribution in [0, 0.1) is 0 Å². The molecule has 2 aromatic rings. The lowest BCUT2D eigenvalue weighted by atomic mass is 9.93. The predicted molar refractivity (Wildman–Crippen MR) is 105 cm³/mol. The molecule has 0 N–H and O–H groups in total. The number of aryl methyl sites for hydroxylation is 1. The first kappa shape index (κ1) is 19.3. The van der Waals surface area contributed by atoms with Gasteiger partial charge in [-0.25, -0.2) is 9.59 Å². The average Bonchev–Trinajstić information content (AvgIpc) is 2.97. The molecule has 3 heterocycles. The number of fused-ring (bicyclic) bond motifs is 1. The van der Waals surface area contributed by atoms with Crippen molar-refractivity contribution in [2.45, 2.75) is 31.8 Å². The van der Waals surface area contributed by atoms with Gasteiger partial charge in [-0.05, 0) is 37.0 Å². The van der Waals surface area contributed by atoms with Crippen LogP contribution in [0.25, 0.3) is 11.0 Å². The van der Waals surface area contributed by atoms with Crippen LogP contribution in [0.5, 0.6) is 5.75 Å². The van der Waals surface area contributed by atoms with E-state index in [0.717, 1.165) is 30.2 Å². The molecule has 0 bridgehead atoms. The van der Waals surface area contributed by atoms with Gasteiger partial charge in [0.1, 0.15) is 16.9 Å². The Morgan fingerprint density at radius 1 is 1.24 bits per heavy atom. The molecule has 29 heavy (non-hydrogen) atoms. The molecule has 8 heteroatoms. The highest BCUT2D eigenvalue weighted by Gasteiger charge is 2.47. The van der Waals surface area contributed by atoms with Gasteiger partial charge in [-0.3, -0.25) is 4.79 Å². The number of piperidine rings is 1. The van der Waals surface area contributed by atoms with Crippen LogP contribution < -0.4 is 10.4 Å². The van der Waals surface area contributed by atoms with Gasteiger partial charge in [0.25, 0.3) is 5.91 Å². The molecule has 8 nitrogen and oxygen atoms in total. The van der Waals surface area contributed by atoms with Gasteiger partial charge in [0.2, 0.25) is 0 Å². The van der Waals surface area contributed by atoms with Crippen molar-refractivity contribution >= 4 is 23.0 Å². The topological polar surface area (TPSA) is 89.3 Å². The lowest BCUT2D eigenvalue weighted by Crippen LogP contribution is -2.53. The largest absolute Gasteiger partial charge is 0.484 e. The maximum atomic E-state index is 12.7. The number of likely N-dealkylation sites (tertiary alicyclic amines) is 1. The Labute approximate surface area is 168 Å². The summed E-state index contributed by atoms with van der Waals surface area (Å²) in [6.45, 7) is 3.31. The van der Waals surface area contributed by atoms with Crippen molar-refractivity contribution in [2.24, 2.45) is 0 Å². The molecule has 2 amide bonds. The fraction of sp³-hybridized carbons (Fsp3) is 0.476. The monoisotopic (exact) mass is 400 g/mol. The number of likely N-dealkylation sites (N-methyl/N-ethyl adjacent to an activating group) is 1. The number of ether oxygens (including phenoxy) is 2. The highest BCUT2D eigenvalue weighted by Crippen LogP contribution is 2.31. The van der Waals surface area contributed by atoms with Crippen LogP contribution in [0.4, 0.5) is 4.79 Å². The van der Waals surface area contributed by atoms with E-state index in [1.165, 1.54) is 11.0 Å². The van der Waals surface area contributed by atoms with E-state index >= 15 is 0 Å². The molecule has 1 unspecified atom stereocenters. The summed E-state index contributed by atoms with van der Waals surface area (Å²) >= 11 is 0. The zero-order valence-electron chi connectivity index (χ0n) is 16.6. The number of carbonyl (C=O) groups excluding carboxylic acids is 2. The summed E-state index contributed by atoms with van der Waals surface area (Å²) in [7, 11) is 1.70. The van der Waals surface area contributed by atoms with E-state index in [-0.39, 0.29) is 18.6 Å². The highest BCUT2D eigenvalue weighted by atomic mass is 16.6. The van der Waals surface area contributed by atoms with Crippen molar-refractivity contribution in [1.29, 1.82) is 0 Å². The molecule has 0 aliphatic carbocycles. The molecule has 2 aliphatic heterocycles. The van der Waals surface area contributed by atoms with Crippen molar-refractivity contribution in [3.63, 3.8) is 0 Å². The molecule has 2 saturated heterocycles. The second-order valence-electron chi connectivity index (χ2n) is 7.72. The first-order valence-corrected chi connectivity index (χ1v) is 9.81. The van der Waals surface area contributed by atoms with Crippen molar-refractivity contribution in [2.75, 3.05) is 33.3 Å². The first-order valence-electron chi connectivity index (χ1n) is 9.81. The summed E-state index contributed by atoms with van der Waals surface area (Å²) in [4.78, 5) is 39.4. The van der Waals surface area contributed by atoms with Crippen LogP contribution in [0.3, 0.4) is 0 Å². The Morgan fingerprint density at radius 2 is 2.07 bits per heavy atom. The van der Waals surface area contributed by atoms with Gasteiger partial charge in [0, 0.05) is 31.1 Å². The van der Waals surface area contributed by atoms with Crippen molar-refractivity contribution in [3.8, 4) is 5.75 Å². The number of amides is 2. The lowest BCUT2D eigenvalue weighted by molar-refractivity contribution is -0.139. The molecule has 1 spiro atoms. The molecule has 1 atom stereocenters. The quantitative estimate of drug-likeness (QED) is 0.731. The van der Waals surface area contributed by atoms with E-state index in [1.807, 2.05) is 13.0 Å². The molecule has 1 aromatic heterocycles. The minimum absolute atomic E-state index is 0.136. The normalized spacial score (nSPS) is 21.7. The third-order valence-corrected chi connectivity index (χ3v) is 5.58. The minimum Gasteiger partial charge on any atom is -0.484 e. The summed E-state index contributed by atoms with van der Waals surface area (Å²) in [6, 6.07) is 6.72. The highest BCUT2D eigenvalue weighted by molar-refractivity contribution is 5.82. The maximum absolute atomic E-state index is 12.7. The summed E-state index contributed by atoms with van der Waals surface area (Å²) in [5.41, 5.74) is 0.325. The van der Waals surface area contributed by atoms with Crippen LogP contribution in [0.1, 0.15) is 25.3 Å². The van der Waals surface area contributed by atoms with Crippen LogP contribution in [0.2, 0.25) is 0 Å². The third-order valence-electron chi connectivity index (χ3n) is 5.58. The number of rotatable bonds is 4. The Kier molecular flexibility index (Phi) is 4.94. The van der Waals surface area contributed by atoms with Crippen molar-refractivity contribution in [3.05, 3.63) is 40.2 Å². The van der Waals surface area contributed by atoms with E-state index < -0.39 is 11.2 Å². The number of benzene rings is 1. The second kappa shape index (κ2) is 7.42. The Balaban J connectivity index is 1.43. The molecule has 4 rings (SSSR count). The number of hydrogen-bond acceptors (Lipinski definition) is 6. The molecule has 154 valence electrons. The summed E-state index contributed by atoms with van der Waals surface area (Å²) < 4.78 is 16.5. The van der Waals surface area contributed by atoms with Gasteiger partial charge >= 0.3 is 11.7 Å². The van der Waals surface area contributed by atoms with Crippen LogP contribution in [-0.4, -0.2) is 60.7 Å². The lowest BCUT2D eigenvalue weighted by Gasteiger charge is -2.38. The van der Waals surface area contributed by atoms with Crippen LogP contribution in [0.15, 0.2) is 33.5 Å². The third kappa shape index (κ3) is 3.79. The fourth-order valence-electron chi connectivity index (χ4n) is 4.14. The minimum atomic E-state index is -0.622. The van der Waals surface area contributed by atoms with E-state index in [1.54, 1.807) is 24.1 Å². The van der Waals surface area contributed by atoms with Crippen LogP contribution >= 0.6 is 0 Å². The SMILES string of the molecule is CCc1cc(=O)oc2cc(OCC(=O)N3CCCC4(CN(C)C(=O)O4)C3)ccc12. The molecular weight excluding hydrogens is 376 g/mol. The first-order chi connectivity index (χ1) is 13.9. The number of nitrogens with zero attached hydrogens (tertiary/aromatic N) is 2. The zero-order chi connectivity index (χ0) is 20.6. The molecule has 0 saturated carbocycles. The second-order valence-corrected chi connectivity index (χ2v) is 7.72.